The molecule has 7 heteroatoms. The highest BCUT2D eigenvalue weighted by atomic mass is 16.6. The quantitative estimate of drug-likeness (QED) is 0.317. The van der Waals surface area contributed by atoms with Gasteiger partial charge >= 0.3 is 11.9 Å². The molecular formula is C32H40O7. The van der Waals surface area contributed by atoms with Crippen LogP contribution in [0.2, 0.25) is 0 Å². The molecule has 1 atom stereocenters. The Kier molecular flexibility index (Phi) is 7.17. The lowest BCUT2D eigenvalue weighted by molar-refractivity contribution is -0.147. The normalized spacial score (nSPS) is 24.3. The second-order valence-electron chi connectivity index (χ2n) is 12.1. The van der Waals surface area contributed by atoms with E-state index < -0.39 is 17.5 Å². The van der Waals surface area contributed by atoms with Crippen molar-refractivity contribution < 1.29 is 33.6 Å². The maximum Gasteiger partial charge on any atom is 0.346 e. The summed E-state index contributed by atoms with van der Waals surface area (Å²) >= 11 is 0. The molecule has 0 spiro atoms. The number of methoxy groups -OCH3 is 1. The number of esters is 2. The topological polar surface area (TPSA) is 91.3 Å². The Morgan fingerprint density at radius 3 is 2.28 bits per heavy atom. The van der Waals surface area contributed by atoms with E-state index in [1.54, 1.807) is 12.1 Å². The first-order valence-corrected chi connectivity index (χ1v) is 14.1. The monoisotopic (exact) mass is 536 g/mol. The Balaban J connectivity index is 1.61. The molecule has 0 aromatic heterocycles. The van der Waals surface area contributed by atoms with Crippen LogP contribution < -0.4 is 14.2 Å². The molecule has 5 rings (SSSR count). The number of fused-ring (bicyclic) bond motifs is 4. The van der Waals surface area contributed by atoms with Crippen molar-refractivity contribution in [1.29, 1.82) is 0 Å². The molecule has 2 fully saturated rings. The number of aliphatic hydroxyl groups is 1. The SMILES string of the molecule is COc1c([C@@H](O)CC(C)C)ccc2c1C(=O)OCc1c(C)c(C)c(C)c(OC(=O)C3(C)C4CCC3CC4)c1O2. The van der Waals surface area contributed by atoms with Gasteiger partial charge in [0.1, 0.15) is 23.7 Å². The van der Waals surface area contributed by atoms with Gasteiger partial charge in [-0.25, -0.2) is 4.79 Å². The molecule has 39 heavy (non-hydrogen) atoms. The highest BCUT2D eigenvalue weighted by Crippen LogP contribution is 2.59. The van der Waals surface area contributed by atoms with Gasteiger partial charge in [-0.05, 0) is 106 Å². The average molecular weight is 537 g/mol. The van der Waals surface area contributed by atoms with E-state index in [9.17, 15) is 14.7 Å². The molecule has 0 radical (unpaired) electrons. The van der Waals surface area contributed by atoms with Crippen molar-refractivity contribution in [1.82, 2.24) is 0 Å². The first-order valence-electron chi connectivity index (χ1n) is 14.1. The average Bonchev–Trinajstić information content (AvgIpc) is 3.40. The van der Waals surface area contributed by atoms with Crippen molar-refractivity contribution in [3.63, 3.8) is 0 Å². The fraction of sp³-hybridized carbons (Fsp3) is 0.562. The molecule has 210 valence electrons. The summed E-state index contributed by atoms with van der Waals surface area (Å²) in [6.07, 6.45) is 3.93. The van der Waals surface area contributed by atoms with E-state index in [4.69, 9.17) is 18.9 Å². The minimum atomic E-state index is -0.818. The molecule has 3 aliphatic rings. The Morgan fingerprint density at radius 2 is 1.69 bits per heavy atom. The number of hydrogen-bond acceptors (Lipinski definition) is 7. The molecule has 0 unspecified atom stereocenters. The Morgan fingerprint density at radius 1 is 1.05 bits per heavy atom. The molecule has 1 N–H and O–H groups in total. The highest BCUT2D eigenvalue weighted by Gasteiger charge is 2.57. The largest absolute Gasteiger partial charge is 0.495 e. The second-order valence-corrected chi connectivity index (χ2v) is 12.1. The third kappa shape index (κ3) is 4.39. The van der Waals surface area contributed by atoms with Crippen LogP contribution in [0, 0.1) is 43.9 Å². The summed E-state index contributed by atoms with van der Waals surface area (Å²) < 4.78 is 24.2. The summed E-state index contributed by atoms with van der Waals surface area (Å²) in [4.78, 5) is 27.1. The van der Waals surface area contributed by atoms with Crippen LogP contribution in [-0.4, -0.2) is 24.2 Å². The van der Waals surface area contributed by atoms with Gasteiger partial charge in [-0.3, -0.25) is 4.79 Å². The van der Waals surface area contributed by atoms with Gasteiger partial charge in [0.25, 0.3) is 0 Å². The lowest BCUT2D eigenvalue weighted by Crippen LogP contribution is -2.36. The number of rotatable bonds is 6. The van der Waals surface area contributed by atoms with Gasteiger partial charge < -0.3 is 24.1 Å². The van der Waals surface area contributed by atoms with Gasteiger partial charge in [-0.15, -0.1) is 0 Å². The van der Waals surface area contributed by atoms with Crippen LogP contribution in [0.1, 0.15) is 97.2 Å². The zero-order chi connectivity index (χ0) is 28.2. The minimum Gasteiger partial charge on any atom is -0.495 e. The van der Waals surface area contributed by atoms with Gasteiger partial charge in [-0.1, -0.05) is 13.8 Å². The lowest BCUT2D eigenvalue weighted by atomic mass is 9.79. The molecular weight excluding hydrogens is 496 g/mol. The van der Waals surface area contributed by atoms with Crippen molar-refractivity contribution in [2.45, 2.75) is 86.4 Å². The van der Waals surface area contributed by atoms with E-state index in [1.807, 2.05) is 34.6 Å². The molecule has 0 saturated heterocycles. The van der Waals surface area contributed by atoms with E-state index in [1.165, 1.54) is 7.11 Å². The fourth-order valence-electron chi connectivity index (χ4n) is 6.96. The molecule has 0 amide bonds. The zero-order valence-corrected chi connectivity index (χ0v) is 24.1. The number of carbonyl (C=O) groups excluding carboxylic acids is 2. The van der Waals surface area contributed by atoms with Crippen LogP contribution in [0.15, 0.2) is 12.1 Å². The summed E-state index contributed by atoms with van der Waals surface area (Å²) in [6, 6.07) is 3.37. The van der Waals surface area contributed by atoms with E-state index >= 15 is 0 Å². The fourth-order valence-corrected chi connectivity index (χ4v) is 6.96. The first-order chi connectivity index (χ1) is 18.5. The number of benzene rings is 2. The van der Waals surface area contributed by atoms with Crippen LogP contribution in [0.5, 0.6) is 23.0 Å². The van der Waals surface area contributed by atoms with Crippen molar-refractivity contribution in [2.24, 2.45) is 23.2 Å². The molecule has 2 bridgehead atoms. The van der Waals surface area contributed by atoms with Gasteiger partial charge in [0, 0.05) is 11.1 Å². The maximum absolute atomic E-state index is 13.8. The van der Waals surface area contributed by atoms with Crippen LogP contribution in [0.4, 0.5) is 0 Å². The van der Waals surface area contributed by atoms with Gasteiger partial charge in [-0.2, -0.15) is 0 Å². The lowest BCUT2D eigenvalue weighted by Gasteiger charge is -2.30. The number of cyclic esters (lactones) is 1. The van der Waals surface area contributed by atoms with Crippen molar-refractivity contribution >= 4 is 11.9 Å². The number of hydrogen-bond donors (Lipinski definition) is 1. The van der Waals surface area contributed by atoms with E-state index in [0.717, 1.165) is 42.4 Å². The molecule has 2 aromatic rings. The molecule has 2 aromatic carbocycles. The van der Waals surface area contributed by atoms with Crippen LogP contribution in [0.25, 0.3) is 0 Å². The van der Waals surface area contributed by atoms with Crippen molar-refractivity contribution in [2.75, 3.05) is 7.11 Å². The van der Waals surface area contributed by atoms with Gasteiger partial charge in [0.05, 0.1) is 18.6 Å². The number of aliphatic hydroxyl groups excluding tert-OH is 1. The molecule has 1 aliphatic heterocycles. The van der Waals surface area contributed by atoms with E-state index in [0.29, 0.717) is 40.9 Å². The number of carbonyl (C=O) groups is 2. The first kappa shape index (κ1) is 27.5. The third-order valence-corrected chi connectivity index (χ3v) is 9.63. The van der Waals surface area contributed by atoms with E-state index in [-0.39, 0.29) is 35.6 Å². The number of ether oxygens (including phenoxy) is 4. The zero-order valence-electron chi connectivity index (χ0n) is 24.1. The standard InChI is InChI=1S/C32H40O7/c1-16(2)14-24(33)22-12-13-25-26(28(22)36-7)30(34)37-15-23-18(4)17(3)19(5)27(29(23)38-25)39-31(35)32(6)20-8-9-21(32)11-10-20/h12-13,16,20-21,24,33H,8-11,14-15H2,1-7H3/t20?,21?,24-,32?/m0/s1. The Hall–Kier alpha value is -3.06. The summed E-state index contributed by atoms with van der Waals surface area (Å²) in [6.45, 7) is 11.9. The summed E-state index contributed by atoms with van der Waals surface area (Å²) in [5.74, 6) is 1.31. The predicted molar refractivity (Wildman–Crippen MR) is 146 cm³/mol. The molecule has 1 heterocycles. The second kappa shape index (κ2) is 10.2. The van der Waals surface area contributed by atoms with Crippen LogP contribution in [-0.2, 0) is 16.1 Å². The van der Waals surface area contributed by atoms with E-state index in [2.05, 4.69) is 6.92 Å². The minimum absolute atomic E-state index is 0.0461. The van der Waals surface area contributed by atoms with Gasteiger partial charge in [0.2, 0.25) is 0 Å². The van der Waals surface area contributed by atoms with Crippen LogP contribution >= 0.6 is 0 Å². The molecule has 7 nitrogen and oxygen atoms in total. The van der Waals surface area contributed by atoms with Gasteiger partial charge in [0.15, 0.2) is 11.5 Å². The summed E-state index contributed by atoms with van der Waals surface area (Å²) in [5, 5.41) is 10.9. The smallest absolute Gasteiger partial charge is 0.346 e. The van der Waals surface area contributed by atoms with Crippen molar-refractivity contribution in [3.8, 4) is 23.0 Å². The Labute approximate surface area is 230 Å². The van der Waals surface area contributed by atoms with Crippen LogP contribution in [0.3, 0.4) is 0 Å². The maximum atomic E-state index is 13.8. The third-order valence-electron chi connectivity index (χ3n) is 9.63. The van der Waals surface area contributed by atoms with Crippen molar-refractivity contribution in [3.05, 3.63) is 45.5 Å². The predicted octanol–water partition coefficient (Wildman–Crippen LogP) is 6.89. The Bertz CT molecular complexity index is 1300. The summed E-state index contributed by atoms with van der Waals surface area (Å²) in [7, 11) is 1.46. The molecule has 2 saturated carbocycles. The highest BCUT2D eigenvalue weighted by molar-refractivity contribution is 5.97. The molecule has 2 aliphatic carbocycles. The summed E-state index contributed by atoms with van der Waals surface area (Å²) in [5.41, 5.74) is 3.47.